The van der Waals surface area contributed by atoms with Crippen molar-refractivity contribution in [3.63, 3.8) is 0 Å². The van der Waals surface area contributed by atoms with Gasteiger partial charge in [-0.05, 0) is 38.5 Å². The van der Waals surface area contributed by atoms with Crippen LogP contribution in [-0.2, 0) is 0 Å². The molecule has 0 bridgehead atoms. The zero-order chi connectivity index (χ0) is 19.0. The molecule has 1 fully saturated rings. The number of ether oxygens (including phenoxy) is 1. The highest BCUT2D eigenvalue weighted by atomic mass is 16.5. The van der Waals surface area contributed by atoms with Gasteiger partial charge in [0.25, 0.3) is 5.91 Å². The van der Waals surface area contributed by atoms with Crippen molar-refractivity contribution in [3.8, 4) is 5.75 Å². The van der Waals surface area contributed by atoms with E-state index in [4.69, 9.17) is 9.72 Å². The molecule has 6 heteroatoms. The number of aromatic nitrogens is 3. The number of benzene rings is 1. The van der Waals surface area contributed by atoms with E-state index >= 15 is 0 Å². The largest absolute Gasteiger partial charge is 0.496 e. The molecule has 0 radical (unpaired) electrons. The predicted molar refractivity (Wildman–Crippen MR) is 104 cm³/mol. The number of hydrogen-bond acceptors (Lipinski definition) is 4. The Morgan fingerprint density at radius 2 is 2.07 bits per heavy atom. The van der Waals surface area contributed by atoms with Gasteiger partial charge < -0.3 is 14.2 Å². The standard InChI is InChI=1S/C21H24N4O2/c1-14(2)25-18-12-22-10-8-17(18)23-20(25)15-9-11-24(13-15)21(26)16-6-4-5-7-19(16)27-3/h4-8,10,12,14-15H,9,11,13H2,1-3H3/t15-/m1/s1. The fourth-order valence-electron chi connectivity index (χ4n) is 3.94. The Bertz CT molecular complexity index is 979. The zero-order valence-corrected chi connectivity index (χ0v) is 15.9. The molecule has 1 aromatic carbocycles. The first-order valence-electron chi connectivity index (χ1n) is 9.34. The number of amides is 1. The summed E-state index contributed by atoms with van der Waals surface area (Å²) >= 11 is 0. The van der Waals surface area contributed by atoms with E-state index in [1.807, 2.05) is 41.4 Å². The van der Waals surface area contributed by atoms with E-state index < -0.39 is 0 Å². The molecule has 1 saturated heterocycles. The summed E-state index contributed by atoms with van der Waals surface area (Å²) in [6.07, 6.45) is 4.55. The van der Waals surface area contributed by atoms with Crippen molar-refractivity contribution in [1.82, 2.24) is 19.4 Å². The maximum absolute atomic E-state index is 13.0. The van der Waals surface area contributed by atoms with Crippen LogP contribution in [-0.4, -0.2) is 45.5 Å². The average Bonchev–Trinajstić information content (AvgIpc) is 3.31. The van der Waals surface area contributed by atoms with Gasteiger partial charge in [0.05, 0.1) is 29.9 Å². The Balaban J connectivity index is 1.63. The summed E-state index contributed by atoms with van der Waals surface area (Å²) in [7, 11) is 1.60. The van der Waals surface area contributed by atoms with Crippen LogP contribution >= 0.6 is 0 Å². The van der Waals surface area contributed by atoms with Gasteiger partial charge in [-0.2, -0.15) is 0 Å². The van der Waals surface area contributed by atoms with E-state index in [2.05, 4.69) is 23.4 Å². The summed E-state index contributed by atoms with van der Waals surface area (Å²) in [6.45, 7) is 5.70. The third kappa shape index (κ3) is 3.05. The molecule has 1 amide bonds. The molecule has 1 aliphatic rings. The highest BCUT2D eigenvalue weighted by Gasteiger charge is 2.32. The number of imidazole rings is 1. The number of pyridine rings is 1. The Morgan fingerprint density at radius 1 is 1.26 bits per heavy atom. The Morgan fingerprint density at radius 3 is 2.85 bits per heavy atom. The number of nitrogens with zero attached hydrogens (tertiary/aromatic N) is 4. The third-order valence-corrected chi connectivity index (χ3v) is 5.21. The minimum Gasteiger partial charge on any atom is -0.496 e. The molecule has 3 aromatic rings. The number of fused-ring (bicyclic) bond motifs is 1. The molecule has 0 spiro atoms. The lowest BCUT2D eigenvalue weighted by Gasteiger charge is -2.19. The molecular weight excluding hydrogens is 340 g/mol. The molecule has 1 atom stereocenters. The number of carbonyl (C=O) groups is 1. The van der Waals surface area contributed by atoms with Gasteiger partial charge in [0.1, 0.15) is 11.6 Å². The van der Waals surface area contributed by atoms with Gasteiger partial charge in [0.2, 0.25) is 0 Å². The van der Waals surface area contributed by atoms with Crippen LogP contribution in [0.2, 0.25) is 0 Å². The van der Waals surface area contributed by atoms with Crippen LogP contribution in [0.5, 0.6) is 5.75 Å². The fraction of sp³-hybridized carbons (Fsp3) is 0.381. The van der Waals surface area contributed by atoms with E-state index in [0.717, 1.165) is 29.8 Å². The number of likely N-dealkylation sites (tertiary alicyclic amines) is 1. The first-order valence-corrected chi connectivity index (χ1v) is 9.34. The maximum atomic E-state index is 13.0. The molecule has 1 aliphatic heterocycles. The zero-order valence-electron chi connectivity index (χ0n) is 15.9. The molecule has 6 nitrogen and oxygen atoms in total. The lowest BCUT2D eigenvalue weighted by molar-refractivity contribution is 0.0787. The van der Waals surface area contributed by atoms with E-state index in [-0.39, 0.29) is 17.9 Å². The van der Waals surface area contributed by atoms with Gasteiger partial charge in [-0.3, -0.25) is 9.78 Å². The summed E-state index contributed by atoms with van der Waals surface area (Å²) in [4.78, 5) is 24.0. The smallest absolute Gasteiger partial charge is 0.257 e. The third-order valence-electron chi connectivity index (χ3n) is 5.21. The second kappa shape index (κ2) is 7.02. The molecule has 0 unspecified atom stereocenters. The van der Waals surface area contributed by atoms with E-state index in [0.29, 0.717) is 17.9 Å². The number of para-hydroxylation sites is 1. The van der Waals surface area contributed by atoms with Crippen LogP contribution in [0.1, 0.15) is 48.4 Å². The van der Waals surface area contributed by atoms with Gasteiger partial charge in [-0.25, -0.2) is 4.98 Å². The van der Waals surface area contributed by atoms with Crippen molar-refractivity contribution in [2.24, 2.45) is 0 Å². The summed E-state index contributed by atoms with van der Waals surface area (Å²) in [6, 6.07) is 9.63. The van der Waals surface area contributed by atoms with Crippen molar-refractivity contribution >= 4 is 16.9 Å². The molecule has 27 heavy (non-hydrogen) atoms. The number of carbonyl (C=O) groups excluding carboxylic acids is 1. The lowest BCUT2D eigenvalue weighted by Crippen LogP contribution is -2.29. The van der Waals surface area contributed by atoms with Crippen LogP contribution in [0, 0.1) is 0 Å². The SMILES string of the molecule is COc1ccccc1C(=O)N1CC[C@@H](c2nc3ccncc3n2C(C)C)C1. The molecule has 0 aliphatic carbocycles. The normalized spacial score (nSPS) is 17.0. The predicted octanol–water partition coefficient (Wildman–Crippen LogP) is 3.65. The van der Waals surface area contributed by atoms with Gasteiger partial charge in [-0.15, -0.1) is 0 Å². The first kappa shape index (κ1) is 17.5. The summed E-state index contributed by atoms with van der Waals surface area (Å²) in [5.74, 6) is 1.90. The van der Waals surface area contributed by atoms with Crippen LogP contribution in [0.3, 0.4) is 0 Å². The van der Waals surface area contributed by atoms with Crippen molar-refractivity contribution < 1.29 is 9.53 Å². The van der Waals surface area contributed by atoms with Crippen molar-refractivity contribution in [2.45, 2.75) is 32.2 Å². The number of hydrogen-bond donors (Lipinski definition) is 0. The highest BCUT2D eigenvalue weighted by Crippen LogP contribution is 2.33. The van der Waals surface area contributed by atoms with E-state index in [1.54, 1.807) is 13.3 Å². The van der Waals surface area contributed by atoms with E-state index in [9.17, 15) is 4.79 Å². The van der Waals surface area contributed by atoms with Crippen LogP contribution in [0.15, 0.2) is 42.7 Å². The van der Waals surface area contributed by atoms with Crippen molar-refractivity contribution in [3.05, 3.63) is 54.1 Å². The molecule has 0 N–H and O–H groups in total. The maximum Gasteiger partial charge on any atom is 0.257 e. The minimum absolute atomic E-state index is 0.0174. The molecule has 4 rings (SSSR count). The topological polar surface area (TPSA) is 60.2 Å². The average molecular weight is 364 g/mol. The summed E-state index contributed by atoms with van der Waals surface area (Å²) in [5.41, 5.74) is 2.63. The van der Waals surface area contributed by atoms with Gasteiger partial charge >= 0.3 is 0 Å². The second-order valence-corrected chi connectivity index (χ2v) is 7.24. The van der Waals surface area contributed by atoms with Gasteiger partial charge in [0, 0.05) is 31.2 Å². The Kier molecular flexibility index (Phi) is 4.56. The van der Waals surface area contributed by atoms with Crippen molar-refractivity contribution in [1.29, 1.82) is 0 Å². The molecule has 0 saturated carbocycles. The quantitative estimate of drug-likeness (QED) is 0.709. The van der Waals surface area contributed by atoms with Crippen LogP contribution in [0.4, 0.5) is 0 Å². The van der Waals surface area contributed by atoms with Gasteiger partial charge in [0.15, 0.2) is 0 Å². The first-order chi connectivity index (χ1) is 13.1. The second-order valence-electron chi connectivity index (χ2n) is 7.24. The summed E-state index contributed by atoms with van der Waals surface area (Å²) in [5, 5.41) is 0. The van der Waals surface area contributed by atoms with Crippen LogP contribution < -0.4 is 4.74 Å². The summed E-state index contributed by atoms with van der Waals surface area (Å²) < 4.78 is 7.61. The number of methoxy groups -OCH3 is 1. The Hall–Kier alpha value is -2.89. The highest BCUT2D eigenvalue weighted by molar-refractivity contribution is 5.97. The molecule has 3 heterocycles. The molecule has 140 valence electrons. The monoisotopic (exact) mass is 364 g/mol. The van der Waals surface area contributed by atoms with Gasteiger partial charge in [-0.1, -0.05) is 12.1 Å². The van der Waals surface area contributed by atoms with Crippen molar-refractivity contribution in [2.75, 3.05) is 20.2 Å². The molecular formula is C21H24N4O2. The Labute approximate surface area is 158 Å². The molecule has 2 aromatic heterocycles. The lowest BCUT2D eigenvalue weighted by atomic mass is 10.1. The number of rotatable bonds is 4. The van der Waals surface area contributed by atoms with E-state index in [1.165, 1.54) is 0 Å². The fourth-order valence-corrected chi connectivity index (χ4v) is 3.94. The minimum atomic E-state index is 0.0174. The van der Waals surface area contributed by atoms with Crippen LogP contribution in [0.25, 0.3) is 11.0 Å².